The van der Waals surface area contributed by atoms with Gasteiger partial charge in [0.25, 0.3) is 5.91 Å². The van der Waals surface area contributed by atoms with Gasteiger partial charge in [0.05, 0.1) is 19.5 Å². The third-order valence-corrected chi connectivity index (χ3v) is 6.04. The minimum absolute atomic E-state index is 0.154. The minimum Gasteiger partial charge on any atom is -0.448 e. The molecule has 8 nitrogen and oxygen atoms in total. The van der Waals surface area contributed by atoms with Crippen LogP contribution in [0.2, 0.25) is 10.3 Å². The van der Waals surface area contributed by atoms with Gasteiger partial charge in [0.2, 0.25) is 0 Å². The molecule has 0 radical (unpaired) electrons. The number of hydrogen-bond acceptors (Lipinski definition) is 6. The first-order valence-corrected chi connectivity index (χ1v) is 10.6. The number of hydrogen-bond donors (Lipinski definition) is 2. The van der Waals surface area contributed by atoms with Crippen molar-refractivity contribution < 1.29 is 14.3 Å². The summed E-state index contributed by atoms with van der Waals surface area (Å²) in [5.74, 6) is -0.565. The first-order chi connectivity index (χ1) is 13.9. The lowest BCUT2D eigenvalue weighted by Crippen LogP contribution is -2.42. The summed E-state index contributed by atoms with van der Waals surface area (Å²) in [6.07, 6.45) is 1.26. The molecule has 0 fully saturated rings. The van der Waals surface area contributed by atoms with E-state index in [-0.39, 0.29) is 17.5 Å². The summed E-state index contributed by atoms with van der Waals surface area (Å²) >= 11 is 16.5. The van der Waals surface area contributed by atoms with E-state index in [0.717, 1.165) is 10.0 Å². The lowest BCUT2D eigenvalue weighted by molar-refractivity contribution is 0.0906. The molecule has 0 aliphatic heterocycles. The van der Waals surface area contributed by atoms with Crippen molar-refractivity contribution in [3.63, 3.8) is 0 Å². The van der Waals surface area contributed by atoms with Gasteiger partial charge in [-0.25, -0.2) is 20.2 Å². The summed E-state index contributed by atoms with van der Waals surface area (Å²) in [7, 11) is 0. The molecule has 3 rings (SSSR count). The highest BCUT2D eigenvalue weighted by atomic mass is 79.9. The van der Waals surface area contributed by atoms with E-state index < -0.39 is 12.0 Å². The molecule has 0 unspecified atom stereocenters. The maximum absolute atomic E-state index is 12.1. The molecule has 12 heteroatoms. The normalized spacial score (nSPS) is 10.6. The van der Waals surface area contributed by atoms with Gasteiger partial charge >= 0.3 is 6.09 Å². The topological polar surface area (TPSA) is 98.1 Å². The number of nitrogens with zero attached hydrogens (tertiary/aromatic N) is 3. The summed E-state index contributed by atoms with van der Waals surface area (Å²) in [4.78, 5) is 31.9. The minimum atomic E-state index is -0.763. The van der Waals surface area contributed by atoms with Crippen molar-refractivity contribution in [1.82, 2.24) is 25.4 Å². The van der Waals surface area contributed by atoms with Gasteiger partial charge < -0.3 is 9.30 Å². The monoisotopic (exact) mass is 517 g/mol. The zero-order valence-corrected chi connectivity index (χ0v) is 18.6. The van der Waals surface area contributed by atoms with Crippen LogP contribution in [0.3, 0.4) is 0 Å². The number of hydrazine groups is 1. The predicted octanol–water partition coefficient (Wildman–Crippen LogP) is 4.07. The Kier molecular flexibility index (Phi) is 7.48. The third-order valence-electron chi connectivity index (χ3n) is 3.66. The van der Waals surface area contributed by atoms with Crippen LogP contribution in [0.15, 0.2) is 40.4 Å². The van der Waals surface area contributed by atoms with Crippen LogP contribution in [-0.2, 0) is 17.7 Å². The third kappa shape index (κ3) is 5.92. The van der Waals surface area contributed by atoms with Crippen molar-refractivity contribution in [3.05, 3.63) is 67.0 Å². The summed E-state index contributed by atoms with van der Waals surface area (Å²) in [5, 5.41) is 2.68. The lowest BCUT2D eigenvalue weighted by Gasteiger charge is -2.08. The van der Waals surface area contributed by atoms with Gasteiger partial charge in [-0.05, 0) is 11.6 Å². The largest absolute Gasteiger partial charge is 0.448 e. The number of imidazole rings is 1. The zero-order chi connectivity index (χ0) is 20.8. The molecule has 152 valence electrons. The summed E-state index contributed by atoms with van der Waals surface area (Å²) in [5.41, 5.74) is 5.61. The number of nitrogens with one attached hydrogen (secondary N) is 2. The van der Waals surface area contributed by atoms with E-state index in [0.29, 0.717) is 23.1 Å². The van der Waals surface area contributed by atoms with Gasteiger partial charge in [0.1, 0.15) is 15.9 Å². The van der Waals surface area contributed by atoms with E-state index in [9.17, 15) is 9.59 Å². The van der Waals surface area contributed by atoms with Crippen molar-refractivity contribution in [1.29, 1.82) is 0 Å². The van der Waals surface area contributed by atoms with Crippen molar-refractivity contribution in [2.24, 2.45) is 0 Å². The SMILES string of the molecule is O=C(NNC(=O)c1csc(Cn2cnc(Cl)c2Cl)n1)OCCc1ccccc1Br. The molecule has 2 heterocycles. The number of amides is 2. The van der Waals surface area contributed by atoms with Gasteiger partial charge in [-0.15, -0.1) is 11.3 Å². The molecule has 0 aliphatic rings. The van der Waals surface area contributed by atoms with Gasteiger partial charge in [-0.3, -0.25) is 10.2 Å². The highest BCUT2D eigenvalue weighted by Crippen LogP contribution is 2.21. The number of thiazole rings is 1. The van der Waals surface area contributed by atoms with E-state index >= 15 is 0 Å². The number of benzene rings is 1. The number of halogens is 3. The zero-order valence-electron chi connectivity index (χ0n) is 14.7. The van der Waals surface area contributed by atoms with Crippen molar-refractivity contribution >= 4 is 62.5 Å². The highest BCUT2D eigenvalue weighted by Gasteiger charge is 2.14. The average molecular weight is 519 g/mol. The van der Waals surface area contributed by atoms with Crippen LogP contribution < -0.4 is 10.9 Å². The Morgan fingerprint density at radius 1 is 1.24 bits per heavy atom. The van der Waals surface area contributed by atoms with Crippen molar-refractivity contribution in [2.45, 2.75) is 13.0 Å². The Morgan fingerprint density at radius 2 is 2.03 bits per heavy atom. The maximum atomic E-state index is 12.1. The molecule has 0 aliphatic carbocycles. The molecule has 2 N–H and O–H groups in total. The van der Waals surface area contributed by atoms with Gasteiger partial charge in [0, 0.05) is 16.3 Å². The second-order valence-electron chi connectivity index (χ2n) is 5.64. The smallest absolute Gasteiger partial charge is 0.426 e. The quantitative estimate of drug-likeness (QED) is 0.479. The number of rotatable bonds is 6. The Labute approximate surface area is 188 Å². The molecule has 0 atom stereocenters. The van der Waals surface area contributed by atoms with E-state index in [1.54, 1.807) is 9.95 Å². The Balaban J connectivity index is 1.43. The highest BCUT2D eigenvalue weighted by molar-refractivity contribution is 9.10. The molecular formula is C17H14BrCl2N5O3S. The van der Waals surface area contributed by atoms with Crippen LogP contribution in [0.4, 0.5) is 4.79 Å². The first-order valence-electron chi connectivity index (χ1n) is 8.21. The van der Waals surface area contributed by atoms with Gasteiger partial charge in [-0.1, -0.05) is 57.3 Å². The molecule has 0 bridgehead atoms. The van der Waals surface area contributed by atoms with Gasteiger partial charge in [-0.2, -0.15) is 0 Å². The lowest BCUT2D eigenvalue weighted by atomic mass is 10.2. The fourth-order valence-electron chi connectivity index (χ4n) is 2.25. The molecule has 3 aromatic rings. The van der Waals surface area contributed by atoms with Crippen LogP contribution in [0.25, 0.3) is 0 Å². The number of carbonyl (C=O) groups excluding carboxylic acids is 2. The fourth-order valence-corrected chi connectivity index (χ4v) is 3.81. The van der Waals surface area contributed by atoms with Crippen LogP contribution in [0.1, 0.15) is 21.1 Å². The standard InChI is InChI=1S/C17H14BrCl2N5O3S/c18-11-4-2-1-3-10(11)5-6-28-17(27)24-23-16(26)12-8-29-13(22-12)7-25-9-21-14(19)15(25)20/h1-4,8-9H,5-7H2,(H,23,26)(H,24,27). The maximum Gasteiger partial charge on any atom is 0.426 e. The van der Waals surface area contributed by atoms with Crippen LogP contribution >= 0.6 is 50.5 Å². The van der Waals surface area contributed by atoms with Crippen LogP contribution in [-0.4, -0.2) is 33.1 Å². The Hall–Kier alpha value is -2.14. The second kappa shape index (κ2) is 10.1. The fraction of sp³-hybridized carbons (Fsp3) is 0.176. The van der Waals surface area contributed by atoms with Gasteiger partial charge in [0.15, 0.2) is 5.15 Å². The van der Waals surface area contributed by atoms with Crippen LogP contribution in [0, 0.1) is 0 Å². The van der Waals surface area contributed by atoms with E-state index in [1.807, 2.05) is 24.3 Å². The second-order valence-corrected chi connectivity index (χ2v) is 8.15. The first kappa shape index (κ1) is 21.6. The number of aromatic nitrogens is 3. The van der Waals surface area contributed by atoms with E-state index in [2.05, 4.69) is 36.7 Å². The summed E-state index contributed by atoms with van der Waals surface area (Å²) in [6.45, 7) is 0.487. The van der Waals surface area contributed by atoms with E-state index in [1.165, 1.54) is 17.7 Å². The average Bonchev–Trinajstić information content (AvgIpc) is 3.30. The summed E-state index contributed by atoms with van der Waals surface area (Å²) in [6, 6.07) is 7.64. The Bertz CT molecular complexity index is 1030. The molecule has 0 saturated carbocycles. The van der Waals surface area contributed by atoms with Crippen molar-refractivity contribution in [2.75, 3.05) is 6.61 Å². The number of ether oxygens (including phenoxy) is 1. The molecule has 2 amide bonds. The number of carbonyl (C=O) groups is 2. The molecular weight excluding hydrogens is 505 g/mol. The summed E-state index contributed by atoms with van der Waals surface area (Å²) < 4.78 is 7.59. The molecule has 0 saturated heterocycles. The van der Waals surface area contributed by atoms with E-state index in [4.69, 9.17) is 27.9 Å². The molecule has 1 aromatic carbocycles. The predicted molar refractivity (Wildman–Crippen MR) is 113 cm³/mol. The molecule has 29 heavy (non-hydrogen) atoms. The van der Waals surface area contributed by atoms with Crippen molar-refractivity contribution in [3.8, 4) is 0 Å². The Morgan fingerprint density at radius 3 is 2.76 bits per heavy atom. The molecule has 0 spiro atoms. The molecule has 2 aromatic heterocycles. The van der Waals surface area contributed by atoms with Crippen LogP contribution in [0.5, 0.6) is 0 Å².